The fourth-order valence-corrected chi connectivity index (χ4v) is 2.49. The third-order valence-electron chi connectivity index (χ3n) is 3.60. The molecule has 3 heterocycles. The van der Waals surface area contributed by atoms with Crippen molar-refractivity contribution in [2.24, 2.45) is 7.05 Å². The number of halogens is 3. The number of ether oxygens (including phenoxy) is 1. The molecule has 0 spiro atoms. The molecule has 1 aliphatic heterocycles. The van der Waals surface area contributed by atoms with E-state index >= 15 is 0 Å². The van der Waals surface area contributed by atoms with Crippen molar-refractivity contribution in [1.82, 2.24) is 14.8 Å². The van der Waals surface area contributed by atoms with Crippen LogP contribution >= 0.6 is 0 Å². The Hall–Kier alpha value is -2.29. The zero-order chi connectivity index (χ0) is 16.6. The van der Waals surface area contributed by atoms with E-state index in [1.165, 1.54) is 12.3 Å². The van der Waals surface area contributed by atoms with Gasteiger partial charge in [-0.25, -0.2) is 0 Å². The van der Waals surface area contributed by atoms with Crippen molar-refractivity contribution >= 4 is 5.69 Å². The molecule has 0 aliphatic carbocycles. The molecule has 1 fully saturated rings. The maximum atomic E-state index is 12.7. The van der Waals surface area contributed by atoms with Crippen LogP contribution in [0.5, 0.6) is 5.75 Å². The average molecular weight is 328 g/mol. The number of anilines is 1. The normalized spacial score (nSPS) is 21.7. The van der Waals surface area contributed by atoms with Crippen LogP contribution in [0.1, 0.15) is 5.69 Å². The highest BCUT2D eigenvalue weighted by Gasteiger charge is 2.36. The molecular weight excluding hydrogens is 313 g/mol. The van der Waals surface area contributed by atoms with Gasteiger partial charge in [-0.05, 0) is 12.1 Å². The largest absolute Gasteiger partial charge is 0.482 e. The number of hydrogen-bond acceptors (Lipinski definition) is 5. The van der Waals surface area contributed by atoms with Crippen molar-refractivity contribution in [3.05, 3.63) is 36.4 Å². The van der Waals surface area contributed by atoms with Crippen LogP contribution < -0.4 is 9.64 Å². The second-order valence-electron chi connectivity index (χ2n) is 5.38. The van der Waals surface area contributed by atoms with Gasteiger partial charge < -0.3 is 14.7 Å². The Morgan fingerprint density at radius 1 is 1.35 bits per heavy atom. The smallest absolute Gasteiger partial charge is 0.433 e. The minimum atomic E-state index is -4.50. The van der Waals surface area contributed by atoms with Crippen LogP contribution in [0.4, 0.5) is 18.9 Å². The van der Waals surface area contributed by atoms with E-state index in [4.69, 9.17) is 4.74 Å². The predicted molar refractivity (Wildman–Crippen MR) is 75.1 cm³/mol. The third-order valence-corrected chi connectivity index (χ3v) is 3.60. The summed E-state index contributed by atoms with van der Waals surface area (Å²) in [5.74, 6) is 0.504. The molecule has 2 atom stereocenters. The Morgan fingerprint density at radius 2 is 2.13 bits per heavy atom. The summed E-state index contributed by atoms with van der Waals surface area (Å²) >= 11 is 0. The Balaban J connectivity index is 1.73. The van der Waals surface area contributed by atoms with Crippen LogP contribution in [0.2, 0.25) is 0 Å². The molecule has 0 bridgehead atoms. The minimum absolute atomic E-state index is 0.187. The molecule has 23 heavy (non-hydrogen) atoms. The lowest BCUT2D eigenvalue weighted by atomic mass is 10.2. The Bertz CT molecular complexity index is 689. The first-order valence-electron chi connectivity index (χ1n) is 6.94. The highest BCUT2D eigenvalue weighted by molar-refractivity contribution is 5.48. The first-order valence-corrected chi connectivity index (χ1v) is 6.94. The van der Waals surface area contributed by atoms with Crippen molar-refractivity contribution in [3.8, 4) is 5.75 Å². The van der Waals surface area contributed by atoms with Gasteiger partial charge in [0, 0.05) is 25.5 Å². The number of aromatic nitrogens is 3. The molecule has 124 valence electrons. The first kappa shape index (κ1) is 15.6. The topological polar surface area (TPSA) is 63.4 Å². The maximum Gasteiger partial charge on any atom is 0.433 e. The number of rotatable bonds is 3. The monoisotopic (exact) mass is 328 g/mol. The summed E-state index contributed by atoms with van der Waals surface area (Å²) in [6, 6.07) is 2.45. The van der Waals surface area contributed by atoms with Crippen LogP contribution in [0.15, 0.2) is 30.7 Å². The average Bonchev–Trinajstić information content (AvgIpc) is 3.05. The third kappa shape index (κ3) is 3.39. The zero-order valence-electron chi connectivity index (χ0n) is 12.2. The van der Waals surface area contributed by atoms with Crippen molar-refractivity contribution in [3.63, 3.8) is 0 Å². The van der Waals surface area contributed by atoms with E-state index in [2.05, 4.69) is 10.1 Å². The van der Waals surface area contributed by atoms with Crippen LogP contribution in [-0.2, 0) is 13.2 Å². The number of β-amino-alcohol motifs (C(OH)–C–C–N with tert-alkyl or cyclic N) is 1. The summed E-state index contributed by atoms with van der Waals surface area (Å²) < 4.78 is 45.4. The van der Waals surface area contributed by atoms with Crippen LogP contribution in [0, 0.1) is 0 Å². The van der Waals surface area contributed by atoms with Gasteiger partial charge >= 0.3 is 6.18 Å². The molecule has 1 aliphatic rings. The van der Waals surface area contributed by atoms with E-state index in [0.29, 0.717) is 11.4 Å². The molecular formula is C14H15F3N4O2. The van der Waals surface area contributed by atoms with Gasteiger partial charge in [0.25, 0.3) is 0 Å². The van der Waals surface area contributed by atoms with E-state index in [1.807, 2.05) is 0 Å². The van der Waals surface area contributed by atoms with Gasteiger partial charge in [0.1, 0.15) is 17.9 Å². The number of aliphatic hydroxyl groups is 1. The number of aryl methyl sites for hydroxylation is 1. The van der Waals surface area contributed by atoms with E-state index in [9.17, 15) is 18.3 Å². The van der Waals surface area contributed by atoms with Crippen LogP contribution in [0.25, 0.3) is 0 Å². The molecule has 3 rings (SSSR count). The van der Waals surface area contributed by atoms with Gasteiger partial charge in [-0.3, -0.25) is 9.67 Å². The summed E-state index contributed by atoms with van der Waals surface area (Å²) in [7, 11) is 1.74. The van der Waals surface area contributed by atoms with Gasteiger partial charge in [-0.1, -0.05) is 0 Å². The van der Waals surface area contributed by atoms with Crippen LogP contribution in [0.3, 0.4) is 0 Å². The Labute approximate surface area is 130 Å². The van der Waals surface area contributed by atoms with Gasteiger partial charge in [-0.2, -0.15) is 18.3 Å². The number of nitrogens with zero attached hydrogens (tertiary/aromatic N) is 4. The van der Waals surface area contributed by atoms with Gasteiger partial charge in [-0.15, -0.1) is 0 Å². The highest BCUT2D eigenvalue weighted by Crippen LogP contribution is 2.31. The SMILES string of the molecule is Cn1cc(O[C@@H]2CN(c3ccnc(C(F)(F)F)c3)C[C@H]2O)cn1. The zero-order valence-corrected chi connectivity index (χ0v) is 12.2. The number of pyridine rings is 1. The van der Waals surface area contributed by atoms with E-state index in [-0.39, 0.29) is 13.1 Å². The van der Waals surface area contributed by atoms with Gasteiger partial charge in [0.15, 0.2) is 5.75 Å². The summed E-state index contributed by atoms with van der Waals surface area (Å²) in [6.45, 7) is 0.462. The van der Waals surface area contributed by atoms with E-state index < -0.39 is 24.1 Å². The van der Waals surface area contributed by atoms with E-state index in [0.717, 1.165) is 12.3 Å². The minimum Gasteiger partial charge on any atom is -0.482 e. The molecule has 2 aromatic heterocycles. The van der Waals surface area contributed by atoms with Gasteiger partial charge in [0.05, 0.1) is 18.9 Å². The number of aliphatic hydroxyl groups excluding tert-OH is 1. The van der Waals surface area contributed by atoms with Crippen molar-refractivity contribution in [2.45, 2.75) is 18.4 Å². The molecule has 2 aromatic rings. The Morgan fingerprint density at radius 3 is 2.78 bits per heavy atom. The molecule has 0 aromatic carbocycles. The lowest BCUT2D eigenvalue weighted by Crippen LogP contribution is -2.29. The van der Waals surface area contributed by atoms with Crippen LogP contribution in [-0.4, -0.2) is 45.2 Å². The molecule has 0 radical (unpaired) electrons. The van der Waals surface area contributed by atoms with Crippen molar-refractivity contribution < 1.29 is 23.0 Å². The maximum absolute atomic E-state index is 12.7. The molecule has 9 heteroatoms. The van der Waals surface area contributed by atoms with Gasteiger partial charge in [0.2, 0.25) is 0 Å². The summed E-state index contributed by atoms with van der Waals surface area (Å²) in [6.07, 6.45) is -1.56. The first-order chi connectivity index (χ1) is 10.8. The fourth-order valence-electron chi connectivity index (χ4n) is 2.49. The summed E-state index contributed by atoms with van der Waals surface area (Å²) in [5, 5.41) is 14.0. The second-order valence-corrected chi connectivity index (χ2v) is 5.38. The van der Waals surface area contributed by atoms with Crippen molar-refractivity contribution in [1.29, 1.82) is 0 Å². The standard InChI is InChI=1S/C14H15F3N4O2/c1-20-6-10(5-19-20)23-12-8-21(7-11(12)22)9-2-3-18-13(4-9)14(15,16)17/h2-6,11-12,22H,7-8H2,1H3/t11-,12-/m1/s1. The van der Waals surface area contributed by atoms with Crippen molar-refractivity contribution in [2.75, 3.05) is 18.0 Å². The molecule has 6 nitrogen and oxygen atoms in total. The lowest BCUT2D eigenvalue weighted by Gasteiger charge is -2.19. The predicted octanol–water partition coefficient (Wildman–Crippen LogP) is 1.46. The molecule has 1 N–H and O–H groups in total. The Kier molecular flexibility index (Phi) is 3.88. The molecule has 0 saturated carbocycles. The molecule has 1 saturated heterocycles. The van der Waals surface area contributed by atoms with E-state index in [1.54, 1.807) is 22.8 Å². The molecule has 0 amide bonds. The lowest BCUT2D eigenvalue weighted by molar-refractivity contribution is -0.141. The molecule has 0 unspecified atom stereocenters. The second kappa shape index (κ2) is 5.73. The summed E-state index contributed by atoms with van der Waals surface area (Å²) in [4.78, 5) is 4.98. The fraction of sp³-hybridized carbons (Fsp3) is 0.429. The number of hydrogen-bond donors (Lipinski definition) is 1. The highest BCUT2D eigenvalue weighted by atomic mass is 19.4. The quantitative estimate of drug-likeness (QED) is 0.924. The summed E-state index contributed by atoms with van der Waals surface area (Å²) in [5.41, 5.74) is -0.607. The number of alkyl halides is 3.